The number of carbonyl (C=O) groups is 3. The van der Waals surface area contributed by atoms with E-state index in [9.17, 15) is 53.4 Å². The van der Waals surface area contributed by atoms with Gasteiger partial charge in [-0.15, -0.1) is 0 Å². The minimum atomic E-state index is -5.67. The molecule has 0 aromatic carbocycles. The van der Waals surface area contributed by atoms with Crippen molar-refractivity contribution in [3.05, 3.63) is 59.2 Å². The van der Waals surface area contributed by atoms with E-state index in [1.165, 1.54) is 49.8 Å². The van der Waals surface area contributed by atoms with Gasteiger partial charge in [-0.1, -0.05) is 115 Å². The fraction of sp³-hybridized carbons (Fsp3) is 0.711. The number of phosphoric acid groups is 2. The lowest BCUT2D eigenvalue weighted by molar-refractivity contribution is -0.167. The highest BCUT2D eigenvalue weighted by Gasteiger charge is 2.42. The lowest BCUT2D eigenvalue weighted by Crippen LogP contribution is -2.49. The molecule has 2 unspecified atom stereocenters. The first-order valence-electron chi connectivity index (χ1n) is 23.4. The topological polar surface area (TPSA) is 303 Å². The fourth-order valence-electron chi connectivity index (χ4n) is 7.35. The van der Waals surface area contributed by atoms with E-state index in [1.54, 1.807) is 12.2 Å². The van der Waals surface area contributed by atoms with Crippen molar-refractivity contribution < 1.29 is 76.2 Å². The number of aliphatic hydroxyl groups is 3. The van der Waals surface area contributed by atoms with E-state index in [0.29, 0.717) is 31.6 Å². The number of aliphatic hydroxyl groups excluding tert-OH is 3. The number of phosphoric ester groups is 2. The summed E-state index contributed by atoms with van der Waals surface area (Å²) < 4.78 is 58.8. The van der Waals surface area contributed by atoms with Gasteiger partial charge >= 0.3 is 33.3 Å². The van der Waals surface area contributed by atoms with Crippen LogP contribution in [-0.2, 0) is 51.1 Å². The van der Waals surface area contributed by atoms with Crippen LogP contribution in [0, 0.1) is 17.8 Å². The number of nitrogen functional groups attached to an aromatic ring is 1. The minimum Gasteiger partial charge on any atom is -0.462 e. The van der Waals surface area contributed by atoms with Crippen LogP contribution in [0.3, 0.4) is 0 Å². The molecular weight excluding hydrogens is 916 g/mol. The SMILES string of the molecule is CCCCC[C@H](O)C=C[C@H]1C(=O)C=C[C@@H]2CC=CCCCC(=O)O[C@H](COC(=O)CCCCCCCCCC(C)C)COP(=O)(O)OP(=O)(O)OC[C@@H](O[C@H]2n2ccc(N)nc2=O)[C@@H](O)[C@H]1O. The Morgan fingerprint density at radius 1 is 0.955 bits per heavy atom. The van der Waals surface area contributed by atoms with Crippen LogP contribution < -0.4 is 11.4 Å². The Morgan fingerprint density at radius 3 is 2.31 bits per heavy atom. The summed E-state index contributed by atoms with van der Waals surface area (Å²) >= 11 is 0. The molecule has 0 saturated carbocycles. The van der Waals surface area contributed by atoms with E-state index in [4.69, 9.17) is 29.0 Å². The highest BCUT2D eigenvalue weighted by Crippen LogP contribution is 2.60. The van der Waals surface area contributed by atoms with Crippen molar-refractivity contribution in [2.45, 2.75) is 167 Å². The molecule has 1 aromatic rings. The van der Waals surface area contributed by atoms with Crippen molar-refractivity contribution in [2.24, 2.45) is 17.8 Å². The second-order valence-corrected chi connectivity index (χ2v) is 20.4. The first-order valence-corrected chi connectivity index (χ1v) is 26.4. The third-order valence-electron chi connectivity index (χ3n) is 11.1. The molecule has 7 N–H and O–H groups in total. The zero-order chi connectivity index (χ0) is 49.4. The standard InChI is InChI=1S/C45H73N3O17P2/c1-4-5-13-20-34(49)24-25-36-37(50)26-23-33-19-15-11-12-17-22-41(52)63-35(29-60-40(51)21-16-10-8-6-7-9-14-18-32(2)3)30-61-66(56,57)65-67(58,59)62-31-38(43(54)42(36)53)64-44(33)48-28-27-39(46)47-45(48)55/h11,15,23-28,32-36,38,42-44,49,53-54H,4-10,12-14,16-22,29-31H2,1-3H3,(H,56,57)(H,58,59)(H2,46,47,55)/t33-,34-,35+,36-,38+,42-,43+,44+/m0/s1. The number of ether oxygens (including phenoxy) is 3. The van der Waals surface area contributed by atoms with Gasteiger partial charge in [-0.05, 0) is 50.2 Å². The Hall–Kier alpha value is -3.39. The van der Waals surface area contributed by atoms with Gasteiger partial charge in [0.05, 0.1) is 31.3 Å². The van der Waals surface area contributed by atoms with E-state index in [1.807, 2.05) is 6.92 Å². The molecule has 2 aliphatic heterocycles. The van der Waals surface area contributed by atoms with Gasteiger partial charge in [0.15, 0.2) is 11.9 Å². The Balaban J connectivity index is 1.88. The molecule has 1 aromatic heterocycles. The molecule has 3 rings (SSSR count). The Kier molecular flexibility index (Phi) is 26.2. The highest BCUT2D eigenvalue weighted by atomic mass is 31.3. The van der Waals surface area contributed by atoms with Crippen molar-refractivity contribution in [3.63, 3.8) is 0 Å². The maximum atomic E-state index is 13.8. The number of rotatable bonds is 19. The quantitative estimate of drug-likeness (QED) is 0.0383. The van der Waals surface area contributed by atoms with Crippen LogP contribution in [-0.4, -0.2) is 103 Å². The summed E-state index contributed by atoms with van der Waals surface area (Å²) in [6.45, 7) is 3.75. The van der Waals surface area contributed by atoms with Crippen LogP contribution >= 0.6 is 15.6 Å². The zero-order valence-corrected chi connectivity index (χ0v) is 40.7. The second kappa shape index (κ2) is 30.3. The van der Waals surface area contributed by atoms with E-state index >= 15 is 0 Å². The number of nitrogens with zero attached hydrogens (tertiary/aromatic N) is 2. The first-order chi connectivity index (χ1) is 31.8. The van der Waals surface area contributed by atoms with Crippen LogP contribution in [0.5, 0.6) is 0 Å². The van der Waals surface area contributed by atoms with Crippen LogP contribution in [0.2, 0.25) is 0 Å². The number of nitrogens with two attached hydrogens (primary N) is 1. The van der Waals surface area contributed by atoms with Crippen molar-refractivity contribution in [3.8, 4) is 0 Å². The molecule has 0 spiro atoms. The zero-order valence-electron chi connectivity index (χ0n) is 39.0. The molecule has 67 heavy (non-hydrogen) atoms. The van der Waals surface area contributed by atoms with Gasteiger partial charge in [-0.25, -0.2) is 13.9 Å². The van der Waals surface area contributed by atoms with Gasteiger partial charge in [0.2, 0.25) is 0 Å². The molecule has 22 heteroatoms. The summed E-state index contributed by atoms with van der Waals surface area (Å²) in [5.41, 5.74) is 4.82. The number of anilines is 1. The van der Waals surface area contributed by atoms with Crippen molar-refractivity contribution in [1.29, 1.82) is 0 Å². The van der Waals surface area contributed by atoms with Crippen LogP contribution in [0.15, 0.2) is 53.5 Å². The van der Waals surface area contributed by atoms with Crippen LogP contribution in [0.1, 0.15) is 136 Å². The number of unbranched alkanes of at least 4 members (excludes halogenated alkanes) is 8. The van der Waals surface area contributed by atoms with Crippen LogP contribution in [0.4, 0.5) is 5.82 Å². The van der Waals surface area contributed by atoms with Gasteiger partial charge in [0.1, 0.15) is 30.9 Å². The van der Waals surface area contributed by atoms with E-state index in [2.05, 4.69) is 23.1 Å². The molecule has 3 heterocycles. The smallest absolute Gasteiger partial charge is 0.462 e. The molecule has 0 saturated heterocycles. The summed E-state index contributed by atoms with van der Waals surface area (Å²) in [6, 6.07) is 1.28. The van der Waals surface area contributed by atoms with E-state index in [-0.39, 0.29) is 31.5 Å². The summed E-state index contributed by atoms with van der Waals surface area (Å²) in [5, 5.41) is 33.7. The number of ketones is 1. The number of cyclic esters (lactones) is 1. The number of carbonyl (C=O) groups excluding carboxylic acids is 3. The average Bonchev–Trinajstić information content (AvgIpc) is 3.25. The van der Waals surface area contributed by atoms with E-state index in [0.717, 1.165) is 49.2 Å². The minimum absolute atomic E-state index is 0.0527. The van der Waals surface area contributed by atoms with E-state index < -0.39 is 107 Å². The summed E-state index contributed by atoms with van der Waals surface area (Å²) in [4.78, 5) is 77.5. The number of esters is 2. The van der Waals surface area contributed by atoms with Gasteiger partial charge in [0, 0.05) is 25.0 Å². The molecule has 380 valence electrons. The third-order valence-corrected chi connectivity index (χ3v) is 13.7. The number of allylic oxidation sites excluding steroid dienone is 3. The lowest BCUT2D eigenvalue weighted by atomic mass is 9.88. The summed E-state index contributed by atoms with van der Waals surface area (Å²) in [6.07, 6.45) is 11.3. The first kappa shape index (κ1) is 57.9. The lowest BCUT2D eigenvalue weighted by Gasteiger charge is -2.36. The molecule has 0 amide bonds. The molecule has 10 atom stereocenters. The second-order valence-electron chi connectivity index (χ2n) is 17.4. The predicted octanol–water partition coefficient (Wildman–Crippen LogP) is 6.30. The summed E-state index contributed by atoms with van der Waals surface area (Å²) in [7, 11) is -11.2. The number of aromatic nitrogens is 2. The number of fused-ring (bicyclic) bond motifs is 3. The molecule has 0 aliphatic carbocycles. The van der Waals surface area contributed by atoms with Gasteiger partial charge < -0.3 is 45.1 Å². The van der Waals surface area contributed by atoms with Crippen molar-refractivity contribution in [1.82, 2.24) is 9.55 Å². The molecule has 2 bridgehead atoms. The molecule has 20 nitrogen and oxygen atoms in total. The third kappa shape index (κ3) is 22.7. The Labute approximate surface area is 393 Å². The maximum absolute atomic E-state index is 13.8. The molecule has 2 aliphatic rings. The largest absolute Gasteiger partial charge is 0.481 e. The maximum Gasteiger partial charge on any atom is 0.481 e. The van der Waals surface area contributed by atoms with Crippen molar-refractivity contribution >= 4 is 39.2 Å². The number of hydrogen-bond donors (Lipinski definition) is 6. The van der Waals surface area contributed by atoms with Gasteiger partial charge in [-0.2, -0.15) is 9.29 Å². The van der Waals surface area contributed by atoms with Gasteiger partial charge in [0.25, 0.3) is 0 Å². The number of hydrogen-bond acceptors (Lipinski definition) is 17. The van der Waals surface area contributed by atoms with Gasteiger partial charge in [-0.3, -0.25) is 28.0 Å². The normalized spacial score (nSPS) is 29.2. The van der Waals surface area contributed by atoms with Crippen LogP contribution in [0.25, 0.3) is 0 Å². The average molecular weight is 990 g/mol. The molecular formula is C45H73N3O17P2. The molecule has 0 radical (unpaired) electrons. The highest BCUT2D eigenvalue weighted by molar-refractivity contribution is 7.61. The molecule has 0 fully saturated rings. The monoisotopic (exact) mass is 989 g/mol. The van der Waals surface area contributed by atoms with Crippen molar-refractivity contribution in [2.75, 3.05) is 25.6 Å². The Bertz CT molecular complexity index is 1930. The Morgan fingerprint density at radius 2 is 1.63 bits per heavy atom. The fourth-order valence-corrected chi connectivity index (χ4v) is 9.46. The summed E-state index contributed by atoms with van der Waals surface area (Å²) in [5.74, 6) is -3.98. The predicted molar refractivity (Wildman–Crippen MR) is 247 cm³/mol.